The van der Waals surface area contributed by atoms with E-state index in [4.69, 9.17) is 28.4 Å². The Bertz CT molecular complexity index is 1650. The van der Waals surface area contributed by atoms with Crippen LogP contribution in [0.2, 0.25) is 0 Å². The van der Waals surface area contributed by atoms with Crippen molar-refractivity contribution in [1.82, 2.24) is 0 Å². The third kappa shape index (κ3) is 16.4. The van der Waals surface area contributed by atoms with Crippen LogP contribution >= 0.6 is 0 Å². The summed E-state index contributed by atoms with van der Waals surface area (Å²) in [6.45, 7) is 17.5. The molecule has 1 aliphatic heterocycles. The molecule has 0 aromatic heterocycles. The molecule has 60 heavy (non-hydrogen) atoms. The van der Waals surface area contributed by atoms with Crippen LogP contribution < -0.4 is 9.47 Å². The molecule has 12 heteroatoms. The lowest BCUT2D eigenvalue weighted by Gasteiger charge is -2.40. The molecule has 0 aliphatic carbocycles. The zero-order valence-electron chi connectivity index (χ0n) is 37.9. The fraction of sp³-hybridized carbons (Fsp3) is 0.625. The van der Waals surface area contributed by atoms with Crippen LogP contribution in [0, 0.1) is 23.7 Å². The highest BCUT2D eigenvalue weighted by Crippen LogP contribution is 2.48. The van der Waals surface area contributed by atoms with E-state index in [1.807, 2.05) is 13.8 Å². The van der Waals surface area contributed by atoms with Gasteiger partial charge in [0, 0.05) is 16.7 Å². The van der Waals surface area contributed by atoms with Gasteiger partial charge in [0.05, 0.1) is 27.4 Å². The molecular formula is C48H72O12. The Balaban J connectivity index is 0.000000466. The van der Waals surface area contributed by atoms with Gasteiger partial charge in [-0.05, 0) is 91.7 Å². The Hall–Kier alpha value is -4.74. The maximum Gasteiger partial charge on any atom is 0.320 e. The first-order valence-corrected chi connectivity index (χ1v) is 21.8. The number of cyclic esters (lactones) is 2. The second kappa shape index (κ2) is 26.5. The highest BCUT2D eigenvalue weighted by atomic mass is 16.7. The maximum atomic E-state index is 12.8. The average Bonchev–Trinajstić information content (AvgIpc) is 3.20. The van der Waals surface area contributed by atoms with Crippen LogP contribution in [-0.2, 0) is 50.3 Å². The summed E-state index contributed by atoms with van der Waals surface area (Å²) in [5, 5.41) is 20.6. The smallest absolute Gasteiger partial charge is 0.320 e. The van der Waals surface area contributed by atoms with Crippen LogP contribution in [-0.4, -0.2) is 61.5 Å². The van der Waals surface area contributed by atoms with Crippen LogP contribution in [0.3, 0.4) is 0 Å². The van der Waals surface area contributed by atoms with Gasteiger partial charge in [0.2, 0.25) is 0 Å². The highest BCUT2D eigenvalue weighted by Gasteiger charge is 2.50. The van der Waals surface area contributed by atoms with Crippen molar-refractivity contribution in [3.8, 4) is 23.0 Å². The minimum Gasteiger partial charge on any atom is -0.504 e. The minimum absolute atomic E-state index is 0.0189. The Kier molecular flexibility index (Phi) is 22.7. The number of rotatable bonds is 24. The molecule has 2 N–H and O–H groups in total. The average molecular weight is 841 g/mol. The normalized spacial score (nSPS) is 14.7. The fourth-order valence-electron chi connectivity index (χ4n) is 6.93. The monoisotopic (exact) mass is 841 g/mol. The van der Waals surface area contributed by atoms with Gasteiger partial charge in [-0.1, -0.05) is 100.0 Å². The molecular weight excluding hydrogens is 769 g/mol. The van der Waals surface area contributed by atoms with Gasteiger partial charge < -0.3 is 38.6 Å². The topological polar surface area (TPSA) is 164 Å². The Morgan fingerprint density at radius 1 is 0.767 bits per heavy atom. The molecule has 0 amide bonds. The van der Waals surface area contributed by atoms with Crippen LogP contribution in [0.1, 0.15) is 149 Å². The van der Waals surface area contributed by atoms with Crippen molar-refractivity contribution >= 4 is 30.0 Å². The van der Waals surface area contributed by atoms with E-state index in [2.05, 4.69) is 41.5 Å². The predicted molar refractivity (Wildman–Crippen MR) is 232 cm³/mol. The predicted octanol–water partition coefficient (Wildman–Crippen LogP) is 10.4. The summed E-state index contributed by atoms with van der Waals surface area (Å²) in [5.74, 6) is -2.57. The van der Waals surface area contributed by atoms with E-state index in [1.54, 1.807) is 24.3 Å². The molecule has 1 fully saturated rings. The molecule has 2 atom stereocenters. The second-order valence-electron chi connectivity index (χ2n) is 16.4. The van der Waals surface area contributed by atoms with Gasteiger partial charge in [-0.15, -0.1) is 0 Å². The van der Waals surface area contributed by atoms with Crippen molar-refractivity contribution in [2.75, 3.05) is 27.4 Å². The molecule has 0 spiro atoms. The van der Waals surface area contributed by atoms with Crippen LogP contribution in [0.4, 0.5) is 0 Å². The molecule has 1 saturated heterocycles. The Morgan fingerprint density at radius 3 is 1.78 bits per heavy atom. The van der Waals surface area contributed by atoms with Crippen LogP contribution in [0.15, 0.2) is 35.9 Å². The van der Waals surface area contributed by atoms with Gasteiger partial charge in [-0.25, -0.2) is 0 Å². The summed E-state index contributed by atoms with van der Waals surface area (Å²) in [4.78, 5) is 49.0. The van der Waals surface area contributed by atoms with Crippen molar-refractivity contribution in [3.05, 3.63) is 52.6 Å². The van der Waals surface area contributed by atoms with Crippen molar-refractivity contribution in [3.63, 3.8) is 0 Å². The number of methoxy groups -OCH3 is 2. The lowest BCUT2D eigenvalue weighted by Crippen LogP contribution is -2.45. The summed E-state index contributed by atoms with van der Waals surface area (Å²) in [6, 6.07) is 7.90. The molecule has 1 aliphatic rings. The number of unbranched alkanes of at least 4 members (excludes halogenated alkanes) is 2. The van der Waals surface area contributed by atoms with E-state index < -0.39 is 36.1 Å². The third-order valence-corrected chi connectivity index (χ3v) is 10.5. The van der Waals surface area contributed by atoms with Crippen molar-refractivity contribution in [1.29, 1.82) is 0 Å². The second-order valence-corrected chi connectivity index (χ2v) is 16.4. The van der Waals surface area contributed by atoms with Crippen molar-refractivity contribution in [2.24, 2.45) is 23.7 Å². The first-order chi connectivity index (χ1) is 28.6. The standard InChI is InChI=1S/C29H36O8.C19H36O4/c1-17(2)7-9-21-22(10-12-24(31)28(21)35-6)29(36-26(32)16-27(33)37-29)20(13-18(3)4)14-19-8-11-23(30)25(15-19)34-5;1-5-9-11-16(7-3)14-22-18(20)13-19(21)23-15-17(8-4)12-10-6-2/h8,10-12,14-15,17-18,30-31H,7,9,13,16H2,1-6H3;16-17H,5-15H2,1-4H3. The quantitative estimate of drug-likeness (QED) is 0.0585. The van der Waals surface area contributed by atoms with Gasteiger partial charge in [0.15, 0.2) is 23.0 Å². The SMILES string of the molecule is CCCCC(CC)COC(=O)CC(=O)OCC(CC)CCCC.COc1cc(C=C(CC(C)C)C2(c3ccc(O)c(OC)c3CCC(C)C)OC(=O)CC(=O)O2)ccc1O. The number of benzene rings is 2. The third-order valence-electron chi connectivity index (χ3n) is 10.5. The van der Waals surface area contributed by atoms with Gasteiger partial charge in [0.1, 0.15) is 12.8 Å². The zero-order chi connectivity index (χ0) is 44.8. The number of aromatic hydroxyl groups is 2. The van der Waals surface area contributed by atoms with Gasteiger partial charge >= 0.3 is 29.7 Å². The Morgan fingerprint density at radius 2 is 1.32 bits per heavy atom. The molecule has 1 heterocycles. The molecule has 12 nitrogen and oxygen atoms in total. The Labute approximate surface area is 358 Å². The highest BCUT2D eigenvalue weighted by molar-refractivity contribution is 5.94. The first-order valence-electron chi connectivity index (χ1n) is 21.8. The summed E-state index contributed by atoms with van der Waals surface area (Å²) in [5.41, 5.74) is 2.19. The van der Waals surface area contributed by atoms with E-state index in [9.17, 15) is 29.4 Å². The molecule has 2 aromatic carbocycles. The fourth-order valence-corrected chi connectivity index (χ4v) is 6.93. The van der Waals surface area contributed by atoms with Crippen molar-refractivity contribution in [2.45, 2.75) is 145 Å². The number of phenols is 2. The summed E-state index contributed by atoms with van der Waals surface area (Å²) < 4.78 is 33.2. The first kappa shape index (κ1) is 51.4. The summed E-state index contributed by atoms with van der Waals surface area (Å²) in [7, 11) is 2.91. The number of hydrogen-bond donors (Lipinski definition) is 2. The van der Waals surface area contributed by atoms with Crippen LogP contribution in [0.25, 0.3) is 6.08 Å². The van der Waals surface area contributed by atoms with Gasteiger partial charge in [-0.3, -0.25) is 19.2 Å². The molecule has 0 saturated carbocycles. The van der Waals surface area contributed by atoms with E-state index >= 15 is 0 Å². The largest absolute Gasteiger partial charge is 0.504 e. The van der Waals surface area contributed by atoms with E-state index in [0.717, 1.165) is 57.8 Å². The van der Waals surface area contributed by atoms with Gasteiger partial charge in [0.25, 0.3) is 0 Å². The number of carbonyl (C=O) groups excluding carboxylic acids is 4. The van der Waals surface area contributed by atoms with Crippen LogP contribution in [0.5, 0.6) is 23.0 Å². The number of phenolic OH excluding ortho intramolecular Hbond substituents is 2. The zero-order valence-corrected chi connectivity index (χ0v) is 37.9. The molecule has 336 valence electrons. The van der Waals surface area contributed by atoms with E-state index in [-0.39, 0.29) is 35.3 Å². The maximum absolute atomic E-state index is 12.8. The number of ether oxygens (including phenoxy) is 6. The minimum atomic E-state index is -1.87. The number of hydrogen-bond acceptors (Lipinski definition) is 12. The number of carbonyl (C=O) groups is 4. The summed E-state index contributed by atoms with van der Waals surface area (Å²) >= 11 is 0. The molecule has 2 unspecified atom stereocenters. The molecule has 0 radical (unpaired) electrons. The molecule has 2 aromatic rings. The van der Waals surface area contributed by atoms with E-state index in [0.29, 0.717) is 66.1 Å². The molecule has 3 rings (SSSR count). The van der Waals surface area contributed by atoms with Crippen molar-refractivity contribution < 1.29 is 57.8 Å². The summed E-state index contributed by atoms with van der Waals surface area (Å²) in [6.07, 6.45) is 11.4. The van der Waals surface area contributed by atoms with E-state index in [1.165, 1.54) is 26.4 Å². The lowest BCUT2D eigenvalue weighted by atomic mass is 9.84. The molecule has 0 bridgehead atoms. The van der Waals surface area contributed by atoms with Gasteiger partial charge in [-0.2, -0.15) is 0 Å². The lowest BCUT2D eigenvalue weighted by molar-refractivity contribution is -0.236. The number of esters is 4.